The average molecular weight is 161 g/mol. The number of hydrogen-bond donors (Lipinski definition) is 3. The highest BCUT2D eigenvalue weighted by Crippen LogP contribution is 2.23. The van der Waals surface area contributed by atoms with Crippen molar-refractivity contribution in [1.29, 1.82) is 0 Å². The third-order valence-corrected chi connectivity index (χ3v) is 2.38. The maximum atomic E-state index is 9.16. The average Bonchev–Trinajstić information content (AvgIpc) is 1.95. The predicted octanol–water partition coefficient (Wildman–Crippen LogP) is 0.972. The highest BCUT2D eigenvalue weighted by molar-refractivity contribution is 7.78. The van der Waals surface area contributed by atoms with Crippen LogP contribution in [0, 0.1) is 5.92 Å². The first-order valence-corrected chi connectivity index (χ1v) is 4.32. The van der Waals surface area contributed by atoms with E-state index < -0.39 is 0 Å². The molecule has 0 aromatic rings. The standard InChI is InChI=1S/C7H15NOS/c9-7-3-1-6(2-4-7)5-8-10/h6-10H,1-5H2. The van der Waals surface area contributed by atoms with Gasteiger partial charge in [0.25, 0.3) is 0 Å². The van der Waals surface area contributed by atoms with Crippen molar-refractivity contribution in [1.82, 2.24) is 4.72 Å². The van der Waals surface area contributed by atoms with Crippen molar-refractivity contribution < 1.29 is 5.11 Å². The van der Waals surface area contributed by atoms with E-state index in [4.69, 9.17) is 5.11 Å². The van der Waals surface area contributed by atoms with Crippen LogP contribution in [0.4, 0.5) is 0 Å². The van der Waals surface area contributed by atoms with Gasteiger partial charge in [-0.2, -0.15) is 0 Å². The topological polar surface area (TPSA) is 32.3 Å². The van der Waals surface area contributed by atoms with Crippen LogP contribution in [0.25, 0.3) is 0 Å². The van der Waals surface area contributed by atoms with Gasteiger partial charge in [-0.25, -0.2) is 0 Å². The second-order valence-electron chi connectivity index (χ2n) is 3.04. The first-order chi connectivity index (χ1) is 4.83. The van der Waals surface area contributed by atoms with E-state index in [9.17, 15) is 0 Å². The molecule has 0 aliphatic heterocycles. The third kappa shape index (κ3) is 2.48. The van der Waals surface area contributed by atoms with Crippen molar-refractivity contribution in [3.63, 3.8) is 0 Å². The first kappa shape index (κ1) is 8.37. The monoisotopic (exact) mass is 161 g/mol. The molecule has 0 spiro atoms. The van der Waals surface area contributed by atoms with Gasteiger partial charge in [0.15, 0.2) is 0 Å². The maximum absolute atomic E-state index is 9.16. The van der Waals surface area contributed by atoms with Crippen LogP contribution in [0.5, 0.6) is 0 Å². The molecule has 60 valence electrons. The number of rotatable bonds is 2. The number of aliphatic hydroxyl groups excluding tert-OH is 1. The molecule has 0 aromatic heterocycles. The number of nitrogens with one attached hydrogen (secondary N) is 1. The van der Waals surface area contributed by atoms with Gasteiger partial charge in [0.2, 0.25) is 0 Å². The Hall–Kier alpha value is 0.270. The van der Waals surface area contributed by atoms with Crippen LogP contribution in [-0.4, -0.2) is 17.8 Å². The number of hydrogen-bond acceptors (Lipinski definition) is 3. The van der Waals surface area contributed by atoms with Crippen LogP contribution >= 0.6 is 12.8 Å². The SMILES string of the molecule is OC1CCC(CNS)CC1. The van der Waals surface area contributed by atoms with Crippen molar-refractivity contribution in [3.8, 4) is 0 Å². The summed E-state index contributed by atoms with van der Waals surface area (Å²) in [6.07, 6.45) is 4.21. The van der Waals surface area contributed by atoms with E-state index in [2.05, 4.69) is 17.5 Å². The lowest BCUT2D eigenvalue weighted by atomic mass is 9.88. The van der Waals surface area contributed by atoms with E-state index in [1.165, 1.54) is 0 Å². The minimum Gasteiger partial charge on any atom is -0.393 e. The quantitative estimate of drug-likeness (QED) is 0.527. The molecule has 0 saturated heterocycles. The summed E-state index contributed by atoms with van der Waals surface area (Å²) in [6, 6.07) is 0. The van der Waals surface area contributed by atoms with Crippen LogP contribution < -0.4 is 4.72 Å². The fourth-order valence-corrected chi connectivity index (χ4v) is 1.74. The Bertz CT molecular complexity index is 91.6. The van der Waals surface area contributed by atoms with Gasteiger partial charge in [0.05, 0.1) is 6.10 Å². The van der Waals surface area contributed by atoms with Crippen LogP contribution in [0.15, 0.2) is 0 Å². The van der Waals surface area contributed by atoms with E-state index in [1.807, 2.05) is 0 Å². The molecular weight excluding hydrogens is 146 g/mol. The highest BCUT2D eigenvalue weighted by atomic mass is 32.1. The van der Waals surface area contributed by atoms with Gasteiger partial charge in [0.1, 0.15) is 0 Å². The van der Waals surface area contributed by atoms with Crippen molar-refractivity contribution in [3.05, 3.63) is 0 Å². The van der Waals surface area contributed by atoms with E-state index in [-0.39, 0.29) is 6.10 Å². The number of thiol groups is 1. The summed E-state index contributed by atoms with van der Waals surface area (Å²) < 4.78 is 2.87. The van der Waals surface area contributed by atoms with Crippen LogP contribution in [0.3, 0.4) is 0 Å². The van der Waals surface area contributed by atoms with E-state index in [1.54, 1.807) is 0 Å². The van der Waals surface area contributed by atoms with E-state index in [0.29, 0.717) is 0 Å². The zero-order valence-electron chi connectivity index (χ0n) is 6.08. The molecular formula is C7H15NOS. The van der Waals surface area contributed by atoms with Crippen LogP contribution in [0.1, 0.15) is 25.7 Å². The minimum atomic E-state index is -0.0313. The summed E-state index contributed by atoms with van der Waals surface area (Å²) in [7, 11) is 0. The smallest absolute Gasteiger partial charge is 0.0540 e. The van der Waals surface area contributed by atoms with E-state index in [0.717, 1.165) is 38.1 Å². The molecule has 2 nitrogen and oxygen atoms in total. The van der Waals surface area contributed by atoms with Crippen molar-refractivity contribution in [2.75, 3.05) is 6.54 Å². The Balaban J connectivity index is 2.13. The first-order valence-electron chi connectivity index (χ1n) is 3.88. The molecule has 1 saturated carbocycles. The molecule has 3 heteroatoms. The molecule has 0 aromatic carbocycles. The molecule has 0 unspecified atom stereocenters. The van der Waals surface area contributed by atoms with Gasteiger partial charge >= 0.3 is 0 Å². The van der Waals surface area contributed by atoms with Crippen molar-refractivity contribution >= 4 is 12.8 Å². The van der Waals surface area contributed by atoms with Gasteiger partial charge in [-0.15, -0.1) is 0 Å². The highest BCUT2D eigenvalue weighted by Gasteiger charge is 2.18. The van der Waals surface area contributed by atoms with Crippen molar-refractivity contribution in [2.45, 2.75) is 31.8 Å². The fourth-order valence-electron chi connectivity index (χ4n) is 1.48. The second kappa shape index (κ2) is 4.21. The Morgan fingerprint density at radius 3 is 2.40 bits per heavy atom. The zero-order chi connectivity index (χ0) is 7.40. The minimum absolute atomic E-state index is 0.0313. The molecule has 1 rings (SSSR count). The summed E-state index contributed by atoms with van der Waals surface area (Å²) in [4.78, 5) is 0. The number of aliphatic hydroxyl groups is 1. The Morgan fingerprint density at radius 1 is 1.30 bits per heavy atom. The van der Waals surface area contributed by atoms with Gasteiger partial charge in [-0.1, -0.05) is 12.8 Å². The molecule has 1 aliphatic carbocycles. The van der Waals surface area contributed by atoms with E-state index >= 15 is 0 Å². The molecule has 0 amide bonds. The molecule has 0 heterocycles. The maximum Gasteiger partial charge on any atom is 0.0540 e. The lowest BCUT2D eigenvalue weighted by Gasteiger charge is -2.24. The zero-order valence-corrected chi connectivity index (χ0v) is 6.98. The lowest BCUT2D eigenvalue weighted by Crippen LogP contribution is -2.23. The Morgan fingerprint density at radius 2 is 1.90 bits per heavy atom. The lowest BCUT2D eigenvalue weighted by molar-refractivity contribution is 0.110. The second-order valence-corrected chi connectivity index (χ2v) is 3.35. The van der Waals surface area contributed by atoms with Gasteiger partial charge in [0, 0.05) is 6.54 Å². The Kier molecular flexibility index (Phi) is 3.52. The summed E-state index contributed by atoms with van der Waals surface area (Å²) in [5.41, 5.74) is 0. The molecule has 0 radical (unpaired) electrons. The Labute approximate surface area is 67.6 Å². The predicted molar refractivity (Wildman–Crippen MR) is 45.0 cm³/mol. The van der Waals surface area contributed by atoms with Gasteiger partial charge in [-0.3, -0.25) is 4.72 Å². The molecule has 10 heavy (non-hydrogen) atoms. The van der Waals surface area contributed by atoms with Crippen LogP contribution in [-0.2, 0) is 0 Å². The fraction of sp³-hybridized carbons (Fsp3) is 1.00. The van der Waals surface area contributed by atoms with Crippen molar-refractivity contribution in [2.24, 2.45) is 5.92 Å². The summed E-state index contributed by atoms with van der Waals surface area (Å²) in [5, 5.41) is 9.16. The normalized spacial score (nSPS) is 34.2. The van der Waals surface area contributed by atoms with Crippen LogP contribution in [0.2, 0.25) is 0 Å². The summed E-state index contributed by atoms with van der Waals surface area (Å²) in [5.74, 6) is 0.737. The van der Waals surface area contributed by atoms with Gasteiger partial charge < -0.3 is 5.11 Å². The third-order valence-electron chi connectivity index (χ3n) is 2.20. The molecule has 0 bridgehead atoms. The summed E-state index contributed by atoms with van der Waals surface area (Å²) >= 11 is 3.94. The molecule has 0 atom stereocenters. The largest absolute Gasteiger partial charge is 0.393 e. The molecule has 2 N–H and O–H groups in total. The molecule has 1 aliphatic rings. The summed E-state index contributed by atoms with van der Waals surface area (Å²) in [6.45, 7) is 0.982. The van der Waals surface area contributed by atoms with Gasteiger partial charge in [-0.05, 0) is 31.6 Å². The molecule has 1 fully saturated rings.